The molecule has 0 saturated carbocycles. The normalized spacial score (nSPS) is 21.5. The van der Waals surface area contributed by atoms with Crippen molar-refractivity contribution < 1.29 is 37.1 Å². The molecule has 2 aliphatic rings. The molecule has 1 amide bonds. The van der Waals surface area contributed by atoms with Crippen LogP contribution in [0.15, 0.2) is 28.9 Å². The van der Waals surface area contributed by atoms with Gasteiger partial charge in [-0.1, -0.05) is 5.16 Å². The van der Waals surface area contributed by atoms with E-state index in [1.807, 2.05) is 47.8 Å². The third-order valence-electron chi connectivity index (χ3n) is 5.36. The van der Waals surface area contributed by atoms with Gasteiger partial charge < -0.3 is 23.8 Å². The number of aryl methyl sites for hydroxylation is 2. The van der Waals surface area contributed by atoms with Gasteiger partial charge in [0.25, 0.3) is 5.91 Å². The van der Waals surface area contributed by atoms with E-state index < -0.39 is 12.1 Å². The number of aromatic nitrogens is 2. The van der Waals surface area contributed by atoms with Gasteiger partial charge in [0.15, 0.2) is 0 Å². The number of likely N-dealkylation sites (tertiary alicyclic amines) is 1. The van der Waals surface area contributed by atoms with E-state index in [1.165, 1.54) is 0 Å². The lowest BCUT2D eigenvalue weighted by atomic mass is 10.1. The molecule has 176 valence electrons. The van der Waals surface area contributed by atoms with Gasteiger partial charge in [-0.2, -0.15) is 13.2 Å². The van der Waals surface area contributed by atoms with Crippen molar-refractivity contribution in [2.75, 3.05) is 32.8 Å². The van der Waals surface area contributed by atoms with E-state index in [0.29, 0.717) is 19.1 Å². The SMILES string of the molecule is Cc1cc(CN2C[C@@H]3CN(C(=O)c4cccn4C)CCO[C@@H]3C2)no1.O=C(O)C(F)(F)F. The first-order valence-corrected chi connectivity index (χ1v) is 10.0. The number of hydrogen-bond acceptors (Lipinski definition) is 6. The minimum absolute atomic E-state index is 0.0855. The Morgan fingerprint density at radius 1 is 1.28 bits per heavy atom. The zero-order valence-electron chi connectivity index (χ0n) is 17.7. The number of halogens is 3. The van der Waals surface area contributed by atoms with Gasteiger partial charge in [0, 0.05) is 58.0 Å². The summed E-state index contributed by atoms with van der Waals surface area (Å²) >= 11 is 0. The Morgan fingerprint density at radius 3 is 2.56 bits per heavy atom. The van der Waals surface area contributed by atoms with Crippen LogP contribution in [0.1, 0.15) is 21.9 Å². The minimum Gasteiger partial charge on any atom is -0.475 e. The van der Waals surface area contributed by atoms with Gasteiger partial charge in [0.1, 0.15) is 11.5 Å². The van der Waals surface area contributed by atoms with Gasteiger partial charge in [-0.25, -0.2) is 4.79 Å². The van der Waals surface area contributed by atoms with Gasteiger partial charge in [-0.05, 0) is 19.1 Å². The summed E-state index contributed by atoms with van der Waals surface area (Å²) in [6.45, 7) is 6.44. The number of ether oxygens (including phenoxy) is 1. The van der Waals surface area contributed by atoms with Crippen molar-refractivity contribution >= 4 is 11.9 Å². The number of carboxylic acids is 1. The Hall–Kier alpha value is -2.86. The zero-order chi connectivity index (χ0) is 23.5. The second-order valence-electron chi connectivity index (χ2n) is 7.85. The fraction of sp³-hybridized carbons (Fsp3) is 0.550. The molecule has 32 heavy (non-hydrogen) atoms. The summed E-state index contributed by atoms with van der Waals surface area (Å²) in [6.07, 6.45) is -3.00. The maximum absolute atomic E-state index is 12.8. The number of carbonyl (C=O) groups excluding carboxylic acids is 1. The maximum Gasteiger partial charge on any atom is 0.490 e. The first-order chi connectivity index (χ1) is 15.0. The Morgan fingerprint density at radius 2 is 2.00 bits per heavy atom. The molecule has 2 fully saturated rings. The number of amides is 1. The summed E-state index contributed by atoms with van der Waals surface area (Å²) in [4.78, 5) is 26.0. The molecule has 0 radical (unpaired) electrons. The van der Waals surface area contributed by atoms with E-state index in [1.54, 1.807) is 0 Å². The van der Waals surface area contributed by atoms with Crippen LogP contribution in [0.5, 0.6) is 0 Å². The van der Waals surface area contributed by atoms with E-state index in [-0.39, 0.29) is 12.0 Å². The predicted molar refractivity (Wildman–Crippen MR) is 105 cm³/mol. The molecule has 0 spiro atoms. The predicted octanol–water partition coefficient (Wildman–Crippen LogP) is 1.93. The molecule has 0 bridgehead atoms. The van der Waals surface area contributed by atoms with E-state index in [4.69, 9.17) is 19.2 Å². The van der Waals surface area contributed by atoms with E-state index >= 15 is 0 Å². The third-order valence-corrected chi connectivity index (χ3v) is 5.36. The number of fused-ring (bicyclic) bond motifs is 1. The molecule has 0 aliphatic carbocycles. The molecule has 1 N–H and O–H groups in total. The lowest BCUT2D eigenvalue weighted by Gasteiger charge is -2.23. The van der Waals surface area contributed by atoms with Crippen molar-refractivity contribution in [3.05, 3.63) is 41.5 Å². The van der Waals surface area contributed by atoms with Crippen LogP contribution in [0.25, 0.3) is 0 Å². The molecule has 2 aliphatic heterocycles. The highest BCUT2D eigenvalue weighted by atomic mass is 19.4. The quantitative estimate of drug-likeness (QED) is 0.750. The molecular weight excluding hydrogens is 433 g/mol. The molecular formula is C20H25F3N4O5. The Labute approximate surface area is 182 Å². The van der Waals surface area contributed by atoms with Crippen LogP contribution in [0, 0.1) is 12.8 Å². The Balaban J connectivity index is 0.000000360. The van der Waals surface area contributed by atoms with Gasteiger partial charge >= 0.3 is 12.1 Å². The van der Waals surface area contributed by atoms with Gasteiger partial charge in [-0.15, -0.1) is 0 Å². The summed E-state index contributed by atoms with van der Waals surface area (Å²) in [5.74, 6) is -1.51. The van der Waals surface area contributed by atoms with Crippen molar-refractivity contribution in [1.29, 1.82) is 0 Å². The smallest absolute Gasteiger partial charge is 0.475 e. The molecule has 4 heterocycles. The molecule has 2 saturated heterocycles. The first-order valence-electron chi connectivity index (χ1n) is 10.0. The number of alkyl halides is 3. The van der Waals surface area contributed by atoms with Crippen molar-refractivity contribution in [3.63, 3.8) is 0 Å². The van der Waals surface area contributed by atoms with Crippen LogP contribution in [0.2, 0.25) is 0 Å². The highest BCUT2D eigenvalue weighted by Gasteiger charge is 2.39. The lowest BCUT2D eigenvalue weighted by Crippen LogP contribution is -2.38. The topological polar surface area (TPSA) is 101 Å². The molecule has 0 aromatic carbocycles. The van der Waals surface area contributed by atoms with E-state index in [0.717, 1.165) is 43.3 Å². The Bertz CT molecular complexity index is 942. The molecule has 2 atom stereocenters. The third kappa shape index (κ3) is 5.88. The van der Waals surface area contributed by atoms with Crippen molar-refractivity contribution in [1.82, 2.24) is 19.5 Å². The van der Waals surface area contributed by atoms with Crippen LogP contribution in [-0.4, -0.2) is 81.6 Å². The summed E-state index contributed by atoms with van der Waals surface area (Å²) < 4.78 is 44.8. The van der Waals surface area contributed by atoms with Crippen LogP contribution < -0.4 is 0 Å². The fourth-order valence-electron chi connectivity index (χ4n) is 3.86. The van der Waals surface area contributed by atoms with E-state index in [2.05, 4.69) is 10.1 Å². The van der Waals surface area contributed by atoms with Gasteiger partial charge in [0.05, 0.1) is 18.4 Å². The highest BCUT2D eigenvalue weighted by Crippen LogP contribution is 2.25. The number of carboxylic acid groups (broad SMARTS) is 1. The summed E-state index contributed by atoms with van der Waals surface area (Å²) in [6, 6.07) is 5.75. The zero-order valence-corrected chi connectivity index (χ0v) is 17.7. The average molecular weight is 458 g/mol. The van der Waals surface area contributed by atoms with Crippen LogP contribution in [-0.2, 0) is 23.1 Å². The number of carbonyl (C=O) groups is 2. The van der Waals surface area contributed by atoms with Crippen molar-refractivity contribution in [2.24, 2.45) is 13.0 Å². The molecule has 12 heteroatoms. The van der Waals surface area contributed by atoms with Crippen LogP contribution in [0.3, 0.4) is 0 Å². The molecule has 9 nitrogen and oxygen atoms in total. The maximum atomic E-state index is 12.8. The van der Waals surface area contributed by atoms with E-state index in [9.17, 15) is 18.0 Å². The molecule has 2 aromatic heterocycles. The first kappa shape index (κ1) is 23.8. The lowest BCUT2D eigenvalue weighted by molar-refractivity contribution is -0.192. The monoisotopic (exact) mass is 458 g/mol. The highest BCUT2D eigenvalue weighted by molar-refractivity contribution is 5.92. The van der Waals surface area contributed by atoms with Crippen LogP contribution in [0.4, 0.5) is 13.2 Å². The number of hydrogen-bond donors (Lipinski definition) is 1. The fourth-order valence-corrected chi connectivity index (χ4v) is 3.86. The largest absolute Gasteiger partial charge is 0.490 e. The number of nitrogens with zero attached hydrogens (tertiary/aromatic N) is 4. The second-order valence-corrected chi connectivity index (χ2v) is 7.85. The number of rotatable bonds is 3. The standard InChI is InChI=1S/C18H24N4O3.C2HF3O2/c1-13-8-15(19-25-13)11-21-9-14-10-22(6-7-24-17(14)12-21)18(23)16-4-3-5-20(16)2;3-2(4,5)1(6)7/h3-5,8,14,17H,6-7,9-12H2,1-2H3;(H,6,7)/t14-,17-;/m1./s1. The van der Waals surface area contributed by atoms with Crippen LogP contribution >= 0.6 is 0 Å². The summed E-state index contributed by atoms with van der Waals surface area (Å²) in [7, 11) is 1.90. The Kier molecular flexibility index (Phi) is 7.24. The minimum atomic E-state index is -5.08. The summed E-state index contributed by atoms with van der Waals surface area (Å²) in [5.41, 5.74) is 1.68. The molecule has 0 unspecified atom stereocenters. The van der Waals surface area contributed by atoms with Gasteiger partial charge in [0.2, 0.25) is 0 Å². The van der Waals surface area contributed by atoms with Gasteiger partial charge in [-0.3, -0.25) is 9.69 Å². The van der Waals surface area contributed by atoms with Crippen molar-refractivity contribution in [2.45, 2.75) is 25.7 Å². The van der Waals surface area contributed by atoms with Crippen molar-refractivity contribution in [3.8, 4) is 0 Å². The number of aliphatic carboxylic acids is 1. The molecule has 4 rings (SSSR count). The summed E-state index contributed by atoms with van der Waals surface area (Å²) in [5, 5.41) is 11.2. The molecule has 2 aromatic rings. The average Bonchev–Trinajstić information content (AvgIpc) is 3.38. The second kappa shape index (κ2) is 9.74.